The molecule has 15 heavy (non-hydrogen) atoms. The molecule has 0 amide bonds. The first-order valence-electron chi connectivity index (χ1n) is 5.13. The van der Waals surface area contributed by atoms with Gasteiger partial charge in [-0.1, -0.05) is 0 Å². The lowest BCUT2D eigenvalue weighted by Crippen LogP contribution is -2.20. The molecule has 1 heterocycles. The van der Waals surface area contributed by atoms with Crippen molar-refractivity contribution in [3.63, 3.8) is 0 Å². The number of nitrogens with zero attached hydrogens (tertiary/aromatic N) is 1. The average molecular weight is 203 g/mol. The summed E-state index contributed by atoms with van der Waals surface area (Å²) >= 11 is 0. The minimum Gasteiger partial charge on any atom is -0.508 e. The van der Waals surface area contributed by atoms with Crippen LogP contribution in [0.4, 0.5) is 0 Å². The second-order valence-corrected chi connectivity index (χ2v) is 4.27. The summed E-state index contributed by atoms with van der Waals surface area (Å²) in [5.41, 5.74) is 7.59. The van der Waals surface area contributed by atoms with Crippen molar-refractivity contribution in [1.29, 1.82) is 0 Å². The molecule has 0 spiro atoms. The molecule has 2 aromatic rings. The van der Waals surface area contributed by atoms with Gasteiger partial charge in [0.25, 0.3) is 0 Å². The number of hydrogen-bond donors (Lipinski definition) is 3. The highest BCUT2D eigenvalue weighted by atomic mass is 16.3. The van der Waals surface area contributed by atoms with Crippen LogP contribution >= 0.6 is 0 Å². The van der Waals surface area contributed by atoms with Gasteiger partial charge in [-0.15, -0.1) is 0 Å². The Labute approximate surface area is 87.1 Å². The van der Waals surface area contributed by atoms with Crippen LogP contribution in [0.15, 0.2) is 18.2 Å². The van der Waals surface area contributed by atoms with Gasteiger partial charge in [0, 0.05) is 18.0 Å². The first kappa shape index (κ1) is 8.73. The lowest BCUT2D eigenvalue weighted by molar-refractivity contribution is 0.476. The van der Waals surface area contributed by atoms with Crippen molar-refractivity contribution in [2.45, 2.75) is 18.3 Å². The Morgan fingerprint density at radius 1 is 1.47 bits per heavy atom. The third kappa shape index (κ3) is 1.22. The van der Waals surface area contributed by atoms with Gasteiger partial charge in [0.2, 0.25) is 0 Å². The quantitative estimate of drug-likeness (QED) is 0.687. The number of rotatable bonds is 2. The van der Waals surface area contributed by atoms with Crippen molar-refractivity contribution in [3.8, 4) is 5.75 Å². The Bertz CT molecular complexity index is 514. The van der Waals surface area contributed by atoms with Gasteiger partial charge in [-0.05, 0) is 25.0 Å². The predicted molar refractivity (Wildman–Crippen MR) is 57.7 cm³/mol. The Hall–Kier alpha value is -1.55. The van der Waals surface area contributed by atoms with E-state index in [9.17, 15) is 5.11 Å². The summed E-state index contributed by atoms with van der Waals surface area (Å²) in [6.07, 6.45) is 2.21. The van der Waals surface area contributed by atoms with Gasteiger partial charge < -0.3 is 15.8 Å². The Balaban J connectivity index is 2.14. The van der Waals surface area contributed by atoms with Crippen LogP contribution in [0, 0.1) is 0 Å². The first-order valence-corrected chi connectivity index (χ1v) is 5.13. The lowest BCUT2D eigenvalue weighted by atomic mass is 10.1. The average Bonchev–Trinajstić information content (AvgIpc) is 2.93. The fraction of sp³-hybridized carbons (Fsp3) is 0.364. The molecule has 4 heteroatoms. The first-order chi connectivity index (χ1) is 7.23. The molecule has 1 fully saturated rings. The molecule has 0 bridgehead atoms. The van der Waals surface area contributed by atoms with Crippen LogP contribution in [0.5, 0.6) is 5.75 Å². The molecule has 1 saturated carbocycles. The SMILES string of the molecule is NCC1(c2nc3ccc(O)cc3[nH]2)CC1. The van der Waals surface area contributed by atoms with Gasteiger partial charge in [0.05, 0.1) is 11.0 Å². The van der Waals surface area contributed by atoms with Crippen molar-refractivity contribution in [3.05, 3.63) is 24.0 Å². The molecule has 0 unspecified atom stereocenters. The van der Waals surface area contributed by atoms with Gasteiger partial charge in [-0.2, -0.15) is 0 Å². The molecule has 0 radical (unpaired) electrons. The minimum absolute atomic E-state index is 0.0780. The number of aromatic amines is 1. The molecule has 4 nitrogen and oxygen atoms in total. The van der Waals surface area contributed by atoms with Crippen LogP contribution in [0.1, 0.15) is 18.7 Å². The molecule has 1 aromatic heterocycles. The van der Waals surface area contributed by atoms with Crippen LogP contribution in [-0.4, -0.2) is 21.6 Å². The van der Waals surface area contributed by atoms with Crippen molar-refractivity contribution in [1.82, 2.24) is 9.97 Å². The summed E-state index contributed by atoms with van der Waals surface area (Å²) in [4.78, 5) is 7.75. The third-order valence-corrected chi connectivity index (χ3v) is 3.21. The van der Waals surface area contributed by atoms with Gasteiger partial charge in [0.15, 0.2) is 0 Å². The van der Waals surface area contributed by atoms with Gasteiger partial charge in [-0.25, -0.2) is 4.98 Å². The predicted octanol–water partition coefficient (Wildman–Crippen LogP) is 1.26. The summed E-state index contributed by atoms with van der Waals surface area (Å²) in [5, 5.41) is 9.34. The van der Waals surface area contributed by atoms with E-state index in [-0.39, 0.29) is 11.2 Å². The number of hydrogen-bond acceptors (Lipinski definition) is 3. The molecular weight excluding hydrogens is 190 g/mol. The number of phenols is 1. The van der Waals surface area contributed by atoms with E-state index in [4.69, 9.17) is 5.73 Å². The van der Waals surface area contributed by atoms with E-state index in [1.54, 1.807) is 12.1 Å². The van der Waals surface area contributed by atoms with Crippen LogP contribution in [-0.2, 0) is 5.41 Å². The fourth-order valence-electron chi connectivity index (χ4n) is 1.94. The second-order valence-electron chi connectivity index (χ2n) is 4.27. The number of fused-ring (bicyclic) bond motifs is 1. The van der Waals surface area contributed by atoms with Crippen LogP contribution in [0.25, 0.3) is 11.0 Å². The third-order valence-electron chi connectivity index (χ3n) is 3.21. The van der Waals surface area contributed by atoms with E-state index >= 15 is 0 Å². The molecule has 1 aromatic carbocycles. The summed E-state index contributed by atoms with van der Waals surface area (Å²) in [6.45, 7) is 0.638. The van der Waals surface area contributed by atoms with Crippen LogP contribution in [0.3, 0.4) is 0 Å². The standard InChI is InChI=1S/C11H13N3O/c12-6-11(3-4-11)10-13-8-2-1-7(15)5-9(8)14-10/h1-2,5,15H,3-4,6,12H2,(H,13,14). The zero-order valence-electron chi connectivity index (χ0n) is 8.33. The summed E-state index contributed by atoms with van der Waals surface area (Å²) < 4.78 is 0. The minimum atomic E-state index is 0.0780. The van der Waals surface area contributed by atoms with Crippen LogP contribution in [0.2, 0.25) is 0 Å². The Morgan fingerprint density at radius 3 is 2.93 bits per heavy atom. The van der Waals surface area contributed by atoms with Gasteiger partial charge in [-0.3, -0.25) is 0 Å². The van der Waals surface area contributed by atoms with Crippen molar-refractivity contribution < 1.29 is 5.11 Å². The molecule has 0 atom stereocenters. The highest BCUT2D eigenvalue weighted by molar-refractivity contribution is 5.77. The van der Waals surface area contributed by atoms with E-state index in [0.29, 0.717) is 6.54 Å². The van der Waals surface area contributed by atoms with Crippen LogP contribution < -0.4 is 5.73 Å². The Kier molecular flexibility index (Phi) is 1.59. The topological polar surface area (TPSA) is 74.9 Å². The fourth-order valence-corrected chi connectivity index (χ4v) is 1.94. The van der Waals surface area contributed by atoms with Gasteiger partial charge >= 0.3 is 0 Å². The molecule has 78 valence electrons. The maximum absolute atomic E-state index is 9.34. The maximum atomic E-state index is 9.34. The number of imidazole rings is 1. The maximum Gasteiger partial charge on any atom is 0.117 e. The van der Waals surface area contributed by atoms with E-state index < -0.39 is 0 Å². The molecule has 1 aliphatic rings. The van der Waals surface area contributed by atoms with Crippen molar-refractivity contribution in [2.24, 2.45) is 5.73 Å². The zero-order chi connectivity index (χ0) is 10.5. The van der Waals surface area contributed by atoms with Crippen molar-refractivity contribution >= 4 is 11.0 Å². The second kappa shape index (κ2) is 2.73. The summed E-state index contributed by atoms with van der Waals surface area (Å²) in [6, 6.07) is 5.16. The summed E-state index contributed by atoms with van der Waals surface area (Å²) in [7, 11) is 0. The number of H-pyrrole nitrogens is 1. The number of nitrogens with two attached hydrogens (primary N) is 1. The number of phenolic OH excluding ortho intramolecular Hbond substituents is 1. The van der Waals surface area contributed by atoms with E-state index in [0.717, 1.165) is 29.7 Å². The van der Waals surface area contributed by atoms with E-state index in [1.165, 1.54) is 0 Å². The molecule has 0 saturated heterocycles. The number of aromatic nitrogens is 2. The van der Waals surface area contributed by atoms with Gasteiger partial charge in [0.1, 0.15) is 11.6 Å². The number of nitrogens with one attached hydrogen (secondary N) is 1. The largest absolute Gasteiger partial charge is 0.508 e. The molecule has 0 aliphatic heterocycles. The smallest absolute Gasteiger partial charge is 0.117 e. The lowest BCUT2D eigenvalue weighted by Gasteiger charge is -2.06. The molecule has 3 rings (SSSR count). The zero-order valence-corrected chi connectivity index (χ0v) is 8.33. The Morgan fingerprint density at radius 2 is 2.27 bits per heavy atom. The highest BCUT2D eigenvalue weighted by Crippen LogP contribution is 2.46. The van der Waals surface area contributed by atoms with E-state index in [2.05, 4.69) is 9.97 Å². The molecule has 1 aliphatic carbocycles. The highest BCUT2D eigenvalue weighted by Gasteiger charge is 2.45. The number of benzene rings is 1. The molecule has 4 N–H and O–H groups in total. The summed E-state index contributed by atoms with van der Waals surface area (Å²) in [5.74, 6) is 1.22. The normalized spacial score (nSPS) is 18.2. The number of aromatic hydroxyl groups is 1. The van der Waals surface area contributed by atoms with Crippen molar-refractivity contribution in [2.75, 3.05) is 6.54 Å². The van der Waals surface area contributed by atoms with E-state index in [1.807, 2.05) is 6.07 Å². The monoisotopic (exact) mass is 203 g/mol. The molecular formula is C11H13N3O.